The van der Waals surface area contributed by atoms with Crippen molar-refractivity contribution in [1.29, 1.82) is 0 Å². The van der Waals surface area contributed by atoms with Crippen molar-refractivity contribution in [2.45, 2.75) is 0 Å². The van der Waals surface area contributed by atoms with Crippen LogP contribution in [0, 0.1) is 0 Å². The molecule has 0 saturated heterocycles. The molecule has 0 unspecified atom stereocenters. The molecule has 22 heavy (non-hydrogen) atoms. The van der Waals surface area contributed by atoms with Crippen LogP contribution in [0.3, 0.4) is 0 Å². The molecule has 0 aliphatic heterocycles. The number of para-hydroxylation sites is 1. The zero-order valence-corrected chi connectivity index (χ0v) is 12.8. The second-order valence-electron chi connectivity index (χ2n) is 4.84. The van der Waals surface area contributed by atoms with Gasteiger partial charge in [0.1, 0.15) is 0 Å². The third-order valence-corrected chi connectivity index (χ3v) is 4.23. The standard InChI is InChI=1S/C17H14N2O2S/c1-19-9-8-12(11-16(19)20)17(21)18-14-6-3-2-5-13(14)15-7-4-10-22-15/h2-11H,1H3,(H,18,21). The number of hydrogen-bond donors (Lipinski definition) is 1. The molecule has 1 amide bonds. The van der Waals surface area contributed by atoms with Crippen LogP contribution in [0.15, 0.2) is 64.9 Å². The number of rotatable bonds is 3. The van der Waals surface area contributed by atoms with Crippen LogP contribution in [-0.4, -0.2) is 10.5 Å². The molecule has 4 nitrogen and oxygen atoms in total. The summed E-state index contributed by atoms with van der Waals surface area (Å²) in [6, 6.07) is 14.6. The summed E-state index contributed by atoms with van der Waals surface area (Å²) in [5.74, 6) is -0.290. The largest absolute Gasteiger partial charge is 0.321 e. The second kappa shape index (κ2) is 5.99. The van der Waals surface area contributed by atoms with E-state index in [1.807, 2.05) is 41.8 Å². The maximum atomic E-state index is 12.3. The first-order chi connectivity index (χ1) is 10.6. The van der Waals surface area contributed by atoms with Gasteiger partial charge in [0.15, 0.2) is 0 Å². The predicted octanol–water partition coefficient (Wildman–Crippen LogP) is 3.37. The molecule has 110 valence electrons. The first-order valence-electron chi connectivity index (χ1n) is 6.76. The van der Waals surface area contributed by atoms with Crippen LogP contribution in [-0.2, 0) is 7.05 Å². The Morgan fingerprint density at radius 2 is 1.95 bits per heavy atom. The zero-order chi connectivity index (χ0) is 15.5. The topological polar surface area (TPSA) is 51.1 Å². The van der Waals surface area contributed by atoms with E-state index in [2.05, 4.69) is 5.32 Å². The summed E-state index contributed by atoms with van der Waals surface area (Å²) in [5, 5.41) is 4.88. The van der Waals surface area contributed by atoms with E-state index in [0.717, 1.165) is 16.1 Å². The van der Waals surface area contributed by atoms with E-state index < -0.39 is 0 Å². The van der Waals surface area contributed by atoms with Gasteiger partial charge in [0.2, 0.25) is 0 Å². The van der Waals surface area contributed by atoms with Crippen molar-refractivity contribution in [1.82, 2.24) is 4.57 Å². The van der Waals surface area contributed by atoms with E-state index in [4.69, 9.17) is 0 Å². The van der Waals surface area contributed by atoms with E-state index in [9.17, 15) is 9.59 Å². The number of hydrogen-bond acceptors (Lipinski definition) is 3. The number of nitrogens with zero attached hydrogens (tertiary/aromatic N) is 1. The highest BCUT2D eigenvalue weighted by atomic mass is 32.1. The van der Waals surface area contributed by atoms with Gasteiger partial charge in [0, 0.05) is 41.0 Å². The van der Waals surface area contributed by atoms with E-state index in [1.165, 1.54) is 10.6 Å². The molecule has 0 bridgehead atoms. The monoisotopic (exact) mass is 310 g/mol. The van der Waals surface area contributed by atoms with Gasteiger partial charge in [-0.1, -0.05) is 24.3 Å². The Morgan fingerprint density at radius 1 is 1.14 bits per heavy atom. The van der Waals surface area contributed by atoms with Crippen molar-refractivity contribution >= 4 is 22.9 Å². The highest BCUT2D eigenvalue weighted by molar-refractivity contribution is 7.13. The Kier molecular flexibility index (Phi) is 3.89. The van der Waals surface area contributed by atoms with Crippen LogP contribution in [0.2, 0.25) is 0 Å². The second-order valence-corrected chi connectivity index (χ2v) is 5.79. The number of aromatic nitrogens is 1. The summed E-state index contributed by atoms with van der Waals surface area (Å²) in [6.45, 7) is 0. The third kappa shape index (κ3) is 2.84. The number of thiophene rings is 1. The molecule has 2 heterocycles. The Labute approximate surface area is 131 Å². The highest BCUT2D eigenvalue weighted by Crippen LogP contribution is 2.31. The van der Waals surface area contributed by atoms with Crippen molar-refractivity contribution in [3.8, 4) is 10.4 Å². The minimum atomic E-state index is -0.290. The summed E-state index contributed by atoms with van der Waals surface area (Å²) in [4.78, 5) is 25.1. The molecule has 0 aliphatic rings. The molecule has 2 aromatic heterocycles. The fraction of sp³-hybridized carbons (Fsp3) is 0.0588. The first kappa shape index (κ1) is 14.3. The summed E-state index contributed by atoms with van der Waals surface area (Å²) in [7, 11) is 1.65. The van der Waals surface area contributed by atoms with Gasteiger partial charge in [-0.05, 0) is 23.6 Å². The average molecular weight is 310 g/mol. The molecular formula is C17H14N2O2S. The third-order valence-electron chi connectivity index (χ3n) is 3.33. The quantitative estimate of drug-likeness (QED) is 0.806. The first-order valence-corrected chi connectivity index (χ1v) is 7.64. The number of carbonyl (C=O) groups excluding carboxylic acids is 1. The lowest BCUT2D eigenvalue weighted by Crippen LogP contribution is -2.20. The Balaban J connectivity index is 1.92. The van der Waals surface area contributed by atoms with Crippen molar-refractivity contribution in [2.75, 3.05) is 5.32 Å². The van der Waals surface area contributed by atoms with Gasteiger partial charge >= 0.3 is 0 Å². The van der Waals surface area contributed by atoms with Gasteiger partial charge in [-0.15, -0.1) is 11.3 Å². The van der Waals surface area contributed by atoms with Crippen molar-refractivity contribution in [3.05, 3.63) is 76.0 Å². The summed E-state index contributed by atoms with van der Waals surface area (Å²) < 4.78 is 1.43. The molecule has 3 aromatic rings. The van der Waals surface area contributed by atoms with Gasteiger partial charge in [-0.2, -0.15) is 0 Å². The number of pyridine rings is 1. The number of aryl methyl sites for hydroxylation is 1. The maximum absolute atomic E-state index is 12.3. The Bertz CT molecular complexity index is 866. The number of carbonyl (C=O) groups is 1. The molecule has 3 rings (SSSR count). The molecular weight excluding hydrogens is 296 g/mol. The van der Waals surface area contributed by atoms with Crippen LogP contribution >= 0.6 is 11.3 Å². The lowest BCUT2D eigenvalue weighted by molar-refractivity contribution is 0.102. The zero-order valence-electron chi connectivity index (χ0n) is 11.9. The van der Waals surface area contributed by atoms with Gasteiger partial charge < -0.3 is 9.88 Å². The van der Waals surface area contributed by atoms with Crippen molar-refractivity contribution < 1.29 is 4.79 Å². The number of amides is 1. The van der Waals surface area contributed by atoms with Crippen LogP contribution in [0.5, 0.6) is 0 Å². The van der Waals surface area contributed by atoms with Crippen LogP contribution in [0.4, 0.5) is 5.69 Å². The normalized spacial score (nSPS) is 10.4. The van der Waals surface area contributed by atoms with Gasteiger partial charge in [0.05, 0.1) is 0 Å². The van der Waals surface area contributed by atoms with Crippen molar-refractivity contribution in [3.63, 3.8) is 0 Å². The fourth-order valence-corrected chi connectivity index (χ4v) is 2.89. The Hall–Kier alpha value is -2.66. The maximum Gasteiger partial charge on any atom is 0.255 e. The van der Waals surface area contributed by atoms with Crippen LogP contribution < -0.4 is 10.9 Å². The molecule has 0 aliphatic carbocycles. The summed E-state index contributed by atoms with van der Waals surface area (Å²) in [6.07, 6.45) is 1.59. The van der Waals surface area contributed by atoms with Gasteiger partial charge in [-0.3, -0.25) is 9.59 Å². The van der Waals surface area contributed by atoms with E-state index >= 15 is 0 Å². The molecule has 0 saturated carbocycles. The molecule has 0 atom stereocenters. The smallest absolute Gasteiger partial charge is 0.255 e. The fourth-order valence-electron chi connectivity index (χ4n) is 2.12. The lowest BCUT2D eigenvalue weighted by Gasteiger charge is -2.10. The van der Waals surface area contributed by atoms with Crippen LogP contribution in [0.1, 0.15) is 10.4 Å². The van der Waals surface area contributed by atoms with E-state index in [1.54, 1.807) is 30.6 Å². The minimum Gasteiger partial charge on any atom is -0.321 e. The molecule has 1 aromatic carbocycles. The molecule has 5 heteroatoms. The molecule has 0 radical (unpaired) electrons. The van der Waals surface area contributed by atoms with Crippen molar-refractivity contribution in [2.24, 2.45) is 7.05 Å². The summed E-state index contributed by atoms with van der Waals surface area (Å²) >= 11 is 1.61. The van der Waals surface area contributed by atoms with Gasteiger partial charge in [0.25, 0.3) is 11.5 Å². The highest BCUT2D eigenvalue weighted by Gasteiger charge is 2.11. The minimum absolute atomic E-state index is 0.209. The van der Waals surface area contributed by atoms with Crippen LogP contribution in [0.25, 0.3) is 10.4 Å². The SMILES string of the molecule is Cn1ccc(C(=O)Nc2ccccc2-c2cccs2)cc1=O. The summed E-state index contributed by atoms with van der Waals surface area (Å²) in [5.41, 5.74) is 1.84. The van der Waals surface area contributed by atoms with Gasteiger partial charge in [-0.25, -0.2) is 0 Å². The predicted molar refractivity (Wildman–Crippen MR) is 89.4 cm³/mol. The lowest BCUT2D eigenvalue weighted by atomic mass is 10.1. The Morgan fingerprint density at radius 3 is 2.68 bits per heavy atom. The molecule has 1 N–H and O–H groups in total. The van der Waals surface area contributed by atoms with E-state index in [-0.39, 0.29) is 11.5 Å². The van der Waals surface area contributed by atoms with E-state index in [0.29, 0.717) is 5.56 Å². The average Bonchev–Trinajstić information content (AvgIpc) is 3.04. The molecule has 0 spiro atoms. The number of benzene rings is 1. The molecule has 0 fully saturated rings. The number of nitrogens with one attached hydrogen (secondary N) is 1. The number of anilines is 1.